The molecule has 1 fully saturated rings. The van der Waals surface area contributed by atoms with Crippen LogP contribution >= 0.6 is 0 Å². The zero-order valence-electron chi connectivity index (χ0n) is 5.64. The molecule has 0 aliphatic heterocycles. The van der Waals surface area contributed by atoms with Crippen molar-refractivity contribution in [1.82, 2.24) is 0 Å². The van der Waals surface area contributed by atoms with Crippen LogP contribution in [0.3, 0.4) is 0 Å². The van der Waals surface area contributed by atoms with Crippen LogP contribution in [0.15, 0.2) is 0 Å². The molecule has 0 aromatic carbocycles. The van der Waals surface area contributed by atoms with Gasteiger partial charge in [-0.3, -0.25) is 0 Å². The SMILES string of the molecule is [B][C@@H]1C[C@H](CO)[C@@H](O)[C@H]1O. The monoisotopic (exact) mass is 142 g/mol. The summed E-state index contributed by atoms with van der Waals surface area (Å²) in [7, 11) is 5.41. The Morgan fingerprint density at radius 2 is 1.90 bits per heavy atom. The maximum absolute atomic E-state index is 9.14. The molecule has 0 spiro atoms. The molecule has 3 N–H and O–H groups in total. The van der Waals surface area contributed by atoms with Crippen molar-refractivity contribution in [3.8, 4) is 0 Å². The molecular formula is C6H11BO3. The van der Waals surface area contributed by atoms with E-state index in [4.69, 9.17) is 23.2 Å². The van der Waals surface area contributed by atoms with Crippen molar-refractivity contribution in [2.45, 2.75) is 24.4 Å². The molecule has 0 heterocycles. The minimum Gasteiger partial charge on any atom is -0.396 e. The first-order chi connectivity index (χ1) is 4.66. The fraction of sp³-hybridized carbons (Fsp3) is 1.00. The van der Waals surface area contributed by atoms with Crippen LogP contribution in [0.5, 0.6) is 0 Å². The number of hydrogen-bond acceptors (Lipinski definition) is 3. The van der Waals surface area contributed by atoms with Gasteiger partial charge in [0.25, 0.3) is 0 Å². The van der Waals surface area contributed by atoms with Crippen molar-refractivity contribution in [2.75, 3.05) is 6.61 Å². The predicted octanol–water partition coefficient (Wildman–Crippen LogP) is -1.32. The van der Waals surface area contributed by atoms with Gasteiger partial charge in [0.15, 0.2) is 0 Å². The molecule has 1 aliphatic carbocycles. The first kappa shape index (κ1) is 8.05. The van der Waals surface area contributed by atoms with Crippen molar-refractivity contribution in [3.63, 3.8) is 0 Å². The lowest BCUT2D eigenvalue weighted by molar-refractivity contribution is 0.00707. The Labute approximate surface area is 61.1 Å². The molecule has 1 rings (SSSR count). The van der Waals surface area contributed by atoms with E-state index in [-0.39, 0.29) is 18.3 Å². The predicted molar refractivity (Wildman–Crippen MR) is 36.7 cm³/mol. The summed E-state index contributed by atoms with van der Waals surface area (Å²) in [6, 6.07) is 0. The van der Waals surface area contributed by atoms with Gasteiger partial charge in [-0.2, -0.15) is 0 Å². The molecule has 0 unspecified atom stereocenters. The summed E-state index contributed by atoms with van der Waals surface area (Å²) in [6.07, 6.45) is -1.21. The summed E-state index contributed by atoms with van der Waals surface area (Å²) in [5.41, 5.74) is 0. The van der Waals surface area contributed by atoms with E-state index >= 15 is 0 Å². The zero-order valence-corrected chi connectivity index (χ0v) is 5.64. The van der Waals surface area contributed by atoms with Crippen molar-refractivity contribution >= 4 is 7.85 Å². The van der Waals surface area contributed by atoms with Crippen LogP contribution in [0.4, 0.5) is 0 Å². The fourth-order valence-electron chi connectivity index (χ4n) is 1.34. The van der Waals surface area contributed by atoms with Crippen molar-refractivity contribution in [2.24, 2.45) is 5.92 Å². The lowest BCUT2D eigenvalue weighted by Gasteiger charge is -2.13. The van der Waals surface area contributed by atoms with E-state index in [2.05, 4.69) is 0 Å². The van der Waals surface area contributed by atoms with Gasteiger partial charge in [0.2, 0.25) is 0 Å². The summed E-state index contributed by atoms with van der Waals surface area (Å²) in [5, 5.41) is 26.9. The molecule has 10 heavy (non-hydrogen) atoms. The third kappa shape index (κ3) is 1.19. The van der Waals surface area contributed by atoms with Crippen LogP contribution in [0.25, 0.3) is 0 Å². The van der Waals surface area contributed by atoms with Gasteiger partial charge in [-0.15, -0.1) is 0 Å². The van der Waals surface area contributed by atoms with E-state index in [1.165, 1.54) is 0 Å². The summed E-state index contributed by atoms with van der Waals surface area (Å²) < 4.78 is 0. The standard InChI is InChI=1S/C6H11BO3/c7-4-1-3(2-8)5(9)6(4)10/h3-6,8-10H,1-2H2/t3-,4-,5-,6+/m1/s1. The summed E-state index contributed by atoms with van der Waals surface area (Å²) in [5.74, 6) is -0.628. The van der Waals surface area contributed by atoms with Crippen LogP contribution in [0.2, 0.25) is 5.82 Å². The Balaban J connectivity index is 2.53. The third-order valence-corrected chi connectivity index (χ3v) is 2.08. The molecular weight excluding hydrogens is 131 g/mol. The van der Waals surface area contributed by atoms with E-state index in [0.717, 1.165) is 0 Å². The van der Waals surface area contributed by atoms with Gasteiger partial charge in [0.05, 0.1) is 20.1 Å². The first-order valence-corrected chi connectivity index (χ1v) is 3.39. The average Bonchev–Trinajstić information content (AvgIpc) is 2.17. The molecule has 3 nitrogen and oxygen atoms in total. The van der Waals surface area contributed by atoms with Gasteiger partial charge in [-0.05, 0) is 12.2 Å². The molecule has 1 aliphatic rings. The second-order valence-electron chi connectivity index (χ2n) is 2.82. The van der Waals surface area contributed by atoms with Gasteiger partial charge in [-0.25, -0.2) is 0 Å². The zero-order chi connectivity index (χ0) is 7.72. The minimum absolute atomic E-state index is 0.105. The molecule has 0 aromatic rings. The van der Waals surface area contributed by atoms with Gasteiger partial charge in [-0.1, -0.05) is 0 Å². The van der Waals surface area contributed by atoms with Gasteiger partial charge in [0, 0.05) is 12.5 Å². The van der Waals surface area contributed by atoms with Crippen LogP contribution in [-0.4, -0.2) is 42.0 Å². The van der Waals surface area contributed by atoms with Crippen LogP contribution in [-0.2, 0) is 0 Å². The van der Waals surface area contributed by atoms with E-state index in [0.29, 0.717) is 6.42 Å². The normalized spacial score (nSPS) is 47.9. The Bertz CT molecular complexity index is 120. The Kier molecular flexibility index (Phi) is 2.34. The topological polar surface area (TPSA) is 60.7 Å². The second-order valence-corrected chi connectivity index (χ2v) is 2.82. The van der Waals surface area contributed by atoms with Crippen molar-refractivity contribution in [1.29, 1.82) is 0 Å². The van der Waals surface area contributed by atoms with E-state index in [1.807, 2.05) is 0 Å². The Hall–Kier alpha value is -0.0551. The highest BCUT2D eigenvalue weighted by Crippen LogP contribution is 2.33. The van der Waals surface area contributed by atoms with E-state index < -0.39 is 12.2 Å². The van der Waals surface area contributed by atoms with E-state index in [9.17, 15) is 0 Å². The molecule has 56 valence electrons. The second kappa shape index (κ2) is 2.90. The van der Waals surface area contributed by atoms with Crippen molar-refractivity contribution in [3.05, 3.63) is 0 Å². The molecule has 1 saturated carbocycles. The number of aliphatic hydroxyl groups excluding tert-OH is 3. The minimum atomic E-state index is -0.864. The van der Waals surface area contributed by atoms with E-state index in [1.54, 1.807) is 0 Å². The fourth-order valence-corrected chi connectivity index (χ4v) is 1.34. The van der Waals surface area contributed by atoms with Crippen LogP contribution in [0.1, 0.15) is 6.42 Å². The summed E-state index contributed by atoms with van der Waals surface area (Å²) in [4.78, 5) is 0. The molecule has 0 saturated heterocycles. The van der Waals surface area contributed by atoms with Crippen LogP contribution in [0, 0.1) is 5.92 Å². The van der Waals surface area contributed by atoms with Crippen LogP contribution < -0.4 is 0 Å². The summed E-state index contributed by atoms with van der Waals surface area (Å²) in [6.45, 7) is -0.105. The average molecular weight is 142 g/mol. The lowest BCUT2D eigenvalue weighted by Crippen LogP contribution is -2.28. The number of aliphatic hydroxyl groups is 3. The molecule has 4 atom stereocenters. The Morgan fingerprint density at radius 3 is 2.10 bits per heavy atom. The van der Waals surface area contributed by atoms with Gasteiger partial charge >= 0.3 is 0 Å². The third-order valence-electron chi connectivity index (χ3n) is 2.08. The molecule has 0 bridgehead atoms. The maximum Gasteiger partial charge on any atom is 0.0844 e. The highest BCUT2D eigenvalue weighted by Gasteiger charge is 2.37. The van der Waals surface area contributed by atoms with Gasteiger partial charge in [0.1, 0.15) is 0 Å². The highest BCUT2D eigenvalue weighted by atomic mass is 16.3. The number of rotatable bonds is 1. The number of hydrogen-bond donors (Lipinski definition) is 3. The molecule has 2 radical (unpaired) electrons. The first-order valence-electron chi connectivity index (χ1n) is 3.39. The highest BCUT2D eigenvalue weighted by molar-refractivity contribution is 6.12. The smallest absolute Gasteiger partial charge is 0.0844 e. The van der Waals surface area contributed by atoms with Crippen molar-refractivity contribution < 1.29 is 15.3 Å². The Morgan fingerprint density at radius 1 is 1.30 bits per heavy atom. The molecule has 4 heteroatoms. The maximum atomic E-state index is 9.14. The summed E-state index contributed by atoms with van der Waals surface area (Å²) >= 11 is 0. The van der Waals surface area contributed by atoms with Gasteiger partial charge < -0.3 is 15.3 Å². The quantitative estimate of drug-likeness (QED) is 0.398. The molecule has 0 aromatic heterocycles. The largest absolute Gasteiger partial charge is 0.396 e. The molecule has 0 amide bonds. The lowest BCUT2D eigenvalue weighted by atomic mass is 9.84.